The highest BCUT2D eigenvalue weighted by Crippen LogP contribution is 2.15. The van der Waals surface area contributed by atoms with Crippen molar-refractivity contribution in [2.24, 2.45) is 0 Å². The van der Waals surface area contributed by atoms with E-state index in [4.69, 9.17) is 4.74 Å². The van der Waals surface area contributed by atoms with Gasteiger partial charge in [-0.3, -0.25) is 9.48 Å². The van der Waals surface area contributed by atoms with Crippen LogP contribution in [-0.2, 0) is 16.1 Å². The molecule has 2 rings (SSSR count). The van der Waals surface area contributed by atoms with Gasteiger partial charge in [0, 0.05) is 13.0 Å². The maximum atomic E-state index is 11.7. The van der Waals surface area contributed by atoms with Crippen molar-refractivity contribution < 1.29 is 9.53 Å². The highest BCUT2D eigenvalue weighted by atomic mass is 16.5. The summed E-state index contributed by atoms with van der Waals surface area (Å²) in [7, 11) is 0. The van der Waals surface area contributed by atoms with E-state index in [2.05, 4.69) is 15.4 Å². The van der Waals surface area contributed by atoms with Crippen LogP contribution in [0.25, 0.3) is 0 Å². The van der Waals surface area contributed by atoms with Crippen LogP contribution in [0.4, 0.5) is 0 Å². The van der Waals surface area contributed by atoms with Crippen molar-refractivity contribution in [2.75, 3.05) is 6.61 Å². The first kappa shape index (κ1) is 12.0. The van der Waals surface area contributed by atoms with Crippen molar-refractivity contribution in [3.8, 4) is 0 Å². The van der Waals surface area contributed by atoms with Crippen molar-refractivity contribution in [1.29, 1.82) is 0 Å². The molecule has 0 aromatic carbocycles. The first-order valence-corrected chi connectivity index (χ1v) is 5.99. The average Bonchev–Trinajstić information content (AvgIpc) is 2.99. The van der Waals surface area contributed by atoms with Crippen molar-refractivity contribution in [1.82, 2.24) is 20.1 Å². The average molecular weight is 238 g/mol. The van der Waals surface area contributed by atoms with Gasteiger partial charge in [-0.1, -0.05) is 0 Å². The van der Waals surface area contributed by atoms with Crippen LogP contribution in [-0.4, -0.2) is 39.4 Å². The summed E-state index contributed by atoms with van der Waals surface area (Å²) in [6, 6.07) is 0.0840. The topological polar surface area (TPSA) is 69.0 Å². The number of amides is 1. The number of nitrogens with one attached hydrogen (secondary N) is 1. The highest BCUT2D eigenvalue weighted by molar-refractivity contribution is 5.76. The fourth-order valence-electron chi connectivity index (χ4n) is 1.98. The van der Waals surface area contributed by atoms with Gasteiger partial charge in [0.2, 0.25) is 5.91 Å². The molecule has 94 valence electrons. The van der Waals surface area contributed by atoms with Crippen LogP contribution in [0.5, 0.6) is 0 Å². The number of carbonyl (C=O) groups excluding carboxylic acids is 1. The summed E-state index contributed by atoms with van der Waals surface area (Å²) in [5.74, 6) is 0.0310. The molecule has 0 unspecified atom stereocenters. The Bertz CT molecular complexity index is 346. The van der Waals surface area contributed by atoms with Crippen LogP contribution in [0.2, 0.25) is 0 Å². The normalized spacial score (nSPS) is 21.4. The number of carbonyl (C=O) groups is 1. The maximum absolute atomic E-state index is 11.7. The zero-order valence-corrected chi connectivity index (χ0v) is 10.0. The summed E-state index contributed by atoms with van der Waals surface area (Å²) >= 11 is 0. The van der Waals surface area contributed by atoms with Crippen molar-refractivity contribution in [3.05, 3.63) is 12.7 Å². The lowest BCUT2D eigenvalue weighted by Crippen LogP contribution is -2.41. The zero-order chi connectivity index (χ0) is 12.1. The van der Waals surface area contributed by atoms with Gasteiger partial charge in [-0.15, -0.1) is 0 Å². The number of nitrogens with zero attached hydrogens (tertiary/aromatic N) is 3. The standard InChI is InChI=1S/C11H18N4O2/c1-9(10-3-2-6-17-10)14-11(16)4-5-15-8-12-7-13-15/h7-10H,2-6H2,1H3,(H,14,16)/t9-,10+/m1/s1. The smallest absolute Gasteiger partial charge is 0.222 e. The molecule has 17 heavy (non-hydrogen) atoms. The molecule has 1 saturated heterocycles. The molecule has 1 amide bonds. The fourth-order valence-corrected chi connectivity index (χ4v) is 1.98. The lowest BCUT2D eigenvalue weighted by atomic mass is 10.1. The van der Waals surface area contributed by atoms with Crippen molar-refractivity contribution >= 4 is 5.91 Å². The summed E-state index contributed by atoms with van der Waals surface area (Å²) in [6.07, 6.45) is 5.78. The van der Waals surface area contributed by atoms with Gasteiger partial charge >= 0.3 is 0 Å². The van der Waals surface area contributed by atoms with E-state index in [1.54, 1.807) is 11.0 Å². The third kappa shape index (κ3) is 3.52. The fraction of sp³-hybridized carbons (Fsp3) is 0.727. The van der Waals surface area contributed by atoms with Crippen LogP contribution >= 0.6 is 0 Å². The molecule has 1 aromatic heterocycles. The Labute approximate surface area is 100 Å². The first-order valence-electron chi connectivity index (χ1n) is 5.99. The number of rotatable bonds is 5. The van der Waals surface area contributed by atoms with E-state index in [-0.39, 0.29) is 18.1 Å². The molecule has 1 aliphatic rings. The Balaban J connectivity index is 1.69. The maximum Gasteiger partial charge on any atom is 0.222 e. The van der Waals surface area contributed by atoms with Gasteiger partial charge in [0.05, 0.1) is 18.7 Å². The van der Waals surface area contributed by atoms with Gasteiger partial charge in [-0.05, 0) is 19.8 Å². The van der Waals surface area contributed by atoms with E-state index in [1.807, 2.05) is 6.92 Å². The quantitative estimate of drug-likeness (QED) is 0.803. The molecule has 0 saturated carbocycles. The lowest BCUT2D eigenvalue weighted by Gasteiger charge is -2.19. The number of aryl methyl sites for hydroxylation is 1. The Morgan fingerprint density at radius 3 is 3.24 bits per heavy atom. The molecule has 0 spiro atoms. The second-order valence-electron chi connectivity index (χ2n) is 4.32. The number of aromatic nitrogens is 3. The second-order valence-corrected chi connectivity index (χ2v) is 4.32. The molecule has 6 nitrogen and oxygen atoms in total. The van der Waals surface area contributed by atoms with Gasteiger partial charge in [0.15, 0.2) is 0 Å². The van der Waals surface area contributed by atoms with E-state index in [0.29, 0.717) is 13.0 Å². The van der Waals surface area contributed by atoms with Gasteiger partial charge in [0.1, 0.15) is 12.7 Å². The predicted octanol–water partition coefficient (Wildman–Crippen LogP) is 0.352. The van der Waals surface area contributed by atoms with Gasteiger partial charge in [-0.2, -0.15) is 5.10 Å². The highest BCUT2D eigenvalue weighted by Gasteiger charge is 2.23. The Hall–Kier alpha value is -1.43. The first-order chi connectivity index (χ1) is 8.25. The lowest BCUT2D eigenvalue weighted by molar-refractivity contribution is -0.122. The molecule has 1 aliphatic heterocycles. The third-order valence-corrected chi connectivity index (χ3v) is 2.95. The molecule has 2 heterocycles. The summed E-state index contributed by atoms with van der Waals surface area (Å²) in [5.41, 5.74) is 0. The van der Waals surface area contributed by atoms with Gasteiger partial charge in [0.25, 0.3) is 0 Å². The minimum atomic E-state index is 0.0310. The minimum absolute atomic E-state index is 0.0310. The number of hydrogen-bond acceptors (Lipinski definition) is 4. The molecule has 0 bridgehead atoms. The molecule has 1 fully saturated rings. The van der Waals surface area contributed by atoms with Crippen LogP contribution in [0.3, 0.4) is 0 Å². The summed E-state index contributed by atoms with van der Waals surface area (Å²) in [4.78, 5) is 15.5. The number of hydrogen-bond donors (Lipinski definition) is 1. The van der Waals surface area contributed by atoms with E-state index >= 15 is 0 Å². The Morgan fingerprint density at radius 1 is 1.71 bits per heavy atom. The Morgan fingerprint density at radius 2 is 2.59 bits per heavy atom. The molecule has 6 heteroatoms. The summed E-state index contributed by atoms with van der Waals surface area (Å²) < 4.78 is 7.17. The molecular weight excluding hydrogens is 220 g/mol. The SMILES string of the molecule is C[C@@H](NC(=O)CCn1cncn1)[C@@H]1CCCO1. The van der Waals surface area contributed by atoms with E-state index in [1.165, 1.54) is 6.33 Å². The van der Waals surface area contributed by atoms with E-state index in [9.17, 15) is 4.79 Å². The summed E-state index contributed by atoms with van der Waals surface area (Å²) in [5, 5.41) is 6.90. The van der Waals surface area contributed by atoms with Gasteiger partial charge < -0.3 is 10.1 Å². The molecule has 1 N–H and O–H groups in total. The second kappa shape index (κ2) is 5.77. The summed E-state index contributed by atoms with van der Waals surface area (Å²) in [6.45, 7) is 3.36. The Kier molecular flexibility index (Phi) is 4.08. The van der Waals surface area contributed by atoms with Gasteiger partial charge in [-0.25, -0.2) is 4.98 Å². The molecule has 0 aliphatic carbocycles. The van der Waals surface area contributed by atoms with Crippen molar-refractivity contribution in [3.63, 3.8) is 0 Å². The molecule has 0 radical (unpaired) electrons. The van der Waals surface area contributed by atoms with Crippen LogP contribution in [0.1, 0.15) is 26.2 Å². The van der Waals surface area contributed by atoms with Crippen molar-refractivity contribution in [2.45, 2.75) is 44.9 Å². The minimum Gasteiger partial charge on any atom is -0.376 e. The largest absolute Gasteiger partial charge is 0.376 e. The van der Waals surface area contributed by atoms with E-state index < -0.39 is 0 Å². The third-order valence-electron chi connectivity index (χ3n) is 2.95. The molecule has 2 atom stereocenters. The van der Waals surface area contributed by atoms with Crippen LogP contribution < -0.4 is 5.32 Å². The zero-order valence-electron chi connectivity index (χ0n) is 10.0. The predicted molar refractivity (Wildman–Crippen MR) is 61.2 cm³/mol. The molecular formula is C11H18N4O2. The number of ether oxygens (including phenoxy) is 1. The monoisotopic (exact) mass is 238 g/mol. The van der Waals surface area contributed by atoms with Crippen LogP contribution in [0, 0.1) is 0 Å². The van der Waals surface area contributed by atoms with Crippen LogP contribution in [0.15, 0.2) is 12.7 Å². The van der Waals surface area contributed by atoms with E-state index in [0.717, 1.165) is 19.4 Å². The molecule has 1 aromatic rings.